The Bertz CT molecular complexity index is 900. The van der Waals surface area contributed by atoms with Crippen molar-refractivity contribution in [1.29, 1.82) is 0 Å². The summed E-state index contributed by atoms with van der Waals surface area (Å²) < 4.78 is 25.7. The first kappa shape index (κ1) is 19.0. The molecule has 10 nitrogen and oxygen atoms in total. The Morgan fingerprint density at radius 1 is 1.31 bits per heavy atom. The number of fused-ring (bicyclic) bond motifs is 1. The third-order valence-electron chi connectivity index (χ3n) is 4.99. The van der Waals surface area contributed by atoms with Crippen LogP contribution in [-0.4, -0.2) is 63.9 Å². The first-order valence-electron chi connectivity index (χ1n) is 9.16. The van der Waals surface area contributed by atoms with Gasteiger partial charge in [-0.1, -0.05) is 0 Å². The van der Waals surface area contributed by atoms with Gasteiger partial charge in [0, 0.05) is 36.9 Å². The molecule has 0 saturated carbocycles. The van der Waals surface area contributed by atoms with Crippen molar-refractivity contribution in [3.8, 4) is 6.01 Å². The van der Waals surface area contributed by atoms with E-state index in [4.69, 9.17) is 9.47 Å². The number of hydrogen-bond acceptors (Lipinski definition) is 7. The summed E-state index contributed by atoms with van der Waals surface area (Å²) in [5, 5.41) is 10.8. The van der Waals surface area contributed by atoms with Gasteiger partial charge >= 0.3 is 17.9 Å². The summed E-state index contributed by atoms with van der Waals surface area (Å²) in [7, 11) is 0. The summed E-state index contributed by atoms with van der Waals surface area (Å²) in [5.74, 6) is -0.562. The van der Waals surface area contributed by atoms with Crippen molar-refractivity contribution < 1.29 is 23.6 Å². The second-order valence-electron chi connectivity index (χ2n) is 7.32. The van der Waals surface area contributed by atoms with E-state index in [1.165, 1.54) is 22.9 Å². The monoisotopic (exact) mass is 405 g/mol. The molecule has 1 atom stereocenters. The van der Waals surface area contributed by atoms with Gasteiger partial charge in [0.25, 0.3) is 0 Å². The first-order valence-corrected chi connectivity index (χ1v) is 9.16. The quantitative estimate of drug-likeness (QED) is 0.566. The van der Waals surface area contributed by atoms with E-state index in [0.717, 1.165) is 5.69 Å². The Morgan fingerprint density at radius 2 is 2.00 bits per heavy atom. The first-order chi connectivity index (χ1) is 13.8. The van der Waals surface area contributed by atoms with Gasteiger partial charge < -0.3 is 29.4 Å². The molecule has 0 N–H and O–H groups in total. The molecule has 1 aromatic carbocycles. The van der Waals surface area contributed by atoms with Crippen LogP contribution in [0.5, 0.6) is 6.01 Å². The van der Waals surface area contributed by atoms with Crippen LogP contribution >= 0.6 is 0 Å². The van der Waals surface area contributed by atoms with Crippen molar-refractivity contribution in [3.63, 3.8) is 0 Å². The van der Waals surface area contributed by atoms with Crippen molar-refractivity contribution in [2.24, 2.45) is 0 Å². The van der Waals surface area contributed by atoms with Crippen LogP contribution in [0.15, 0.2) is 30.5 Å². The van der Waals surface area contributed by atoms with E-state index in [0.29, 0.717) is 32.7 Å². The van der Waals surface area contributed by atoms with E-state index >= 15 is 0 Å². The highest BCUT2D eigenvalue weighted by atomic mass is 19.1. The summed E-state index contributed by atoms with van der Waals surface area (Å²) >= 11 is 0. The largest absolute Gasteiger partial charge is 0.445 e. The second kappa shape index (κ2) is 7.22. The lowest BCUT2D eigenvalue weighted by atomic mass is 10.1. The minimum atomic E-state index is -0.830. The highest BCUT2D eigenvalue weighted by Gasteiger charge is 2.41. The predicted molar refractivity (Wildman–Crippen MR) is 99.4 cm³/mol. The molecule has 2 aromatic rings. The number of halogens is 1. The molecule has 1 unspecified atom stereocenters. The highest BCUT2D eigenvalue weighted by molar-refractivity contribution is 5.68. The average molecular weight is 405 g/mol. The molecule has 154 valence electrons. The Labute approximate surface area is 165 Å². The number of nitro groups is 1. The number of hydrogen-bond donors (Lipinski definition) is 0. The van der Waals surface area contributed by atoms with Crippen LogP contribution in [-0.2, 0) is 11.3 Å². The minimum absolute atomic E-state index is 0.00116. The molecule has 0 spiro atoms. The molecular weight excluding hydrogens is 385 g/mol. The van der Waals surface area contributed by atoms with Gasteiger partial charge in [-0.2, -0.15) is 0 Å². The summed E-state index contributed by atoms with van der Waals surface area (Å²) in [6.45, 7) is 4.27. The summed E-state index contributed by atoms with van der Waals surface area (Å²) in [6, 6.07) is 6.41. The Morgan fingerprint density at radius 3 is 2.62 bits per heavy atom. The fourth-order valence-corrected chi connectivity index (χ4v) is 3.46. The number of benzene rings is 1. The lowest BCUT2D eigenvalue weighted by Crippen LogP contribution is -2.50. The Hall–Kier alpha value is -3.37. The molecule has 2 aliphatic rings. The number of imidazole rings is 1. The van der Waals surface area contributed by atoms with E-state index in [9.17, 15) is 19.3 Å². The van der Waals surface area contributed by atoms with Crippen LogP contribution in [0.25, 0.3) is 0 Å². The lowest BCUT2D eigenvalue weighted by Gasteiger charge is -2.36. The third-order valence-corrected chi connectivity index (χ3v) is 4.99. The molecule has 1 amide bonds. The summed E-state index contributed by atoms with van der Waals surface area (Å²) in [6.07, 6.45) is 0.862. The lowest BCUT2D eigenvalue weighted by molar-refractivity contribution is -0.389. The molecule has 1 aromatic heterocycles. The number of carbonyl (C=O) groups excluding carboxylic acids is 1. The number of aromatic nitrogens is 2. The maximum absolute atomic E-state index is 13.1. The highest BCUT2D eigenvalue weighted by Crippen LogP contribution is 2.31. The predicted octanol–water partition coefficient (Wildman–Crippen LogP) is 2.04. The SMILES string of the molecule is CC1(COC(=O)N2CCN(c3ccc(F)cc3)CC2)Cn2cc([N+](=O)[O-])nc2O1. The fourth-order valence-electron chi connectivity index (χ4n) is 3.46. The van der Waals surface area contributed by atoms with Crippen molar-refractivity contribution in [2.45, 2.75) is 19.1 Å². The molecule has 1 saturated heterocycles. The van der Waals surface area contributed by atoms with Gasteiger partial charge in [0.15, 0.2) is 5.60 Å². The van der Waals surface area contributed by atoms with Crippen LogP contribution in [0.3, 0.4) is 0 Å². The van der Waals surface area contributed by atoms with Crippen LogP contribution in [0.1, 0.15) is 6.92 Å². The zero-order valence-corrected chi connectivity index (χ0v) is 15.8. The van der Waals surface area contributed by atoms with Crippen LogP contribution < -0.4 is 9.64 Å². The standard InChI is InChI=1S/C18H20FN5O5/c1-18(11-23-10-15(24(26)27)20-16(23)29-18)12-28-17(25)22-8-6-21(7-9-22)14-4-2-13(19)3-5-14/h2-5,10H,6-9,11-12H2,1H3. The van der Waals surface area contributed by atoms with E-state index in [2.05, 4.69) is 9.88 Å². The maximum atomic E-state index is 13.1. The van der Waals surface area contributed by atoms with E-state index in [-0.39, 0.29) is 24.3 Å². The van der Waals surface area contributed by atoms with Gasteiger partial charge in [-0.3, -0.25) is 4.57 Å². The second-order valence-corrected chi connectivity index (χ2v) is 7.32. The van der Waals surface area contributed by atoms with Crippen molar-refractivity contribution in [1.82, 2.24) is 14.5 Å². The maximum Gasteiger partial charge on any atom is 0.415 e. The number of piperazine rings is 1. The van der Waals surface area contributed by atoms with Gasteiger partial charge in [-0.05, 0) is 36.1 Å². The topological polar surface area (TPSA) is 103 Å². The molecule has 29 heavy (non-hydrogen) atoms. The van der Waals surface area contributed by atoms with Crippen molar-refractivity contribution >= 4 is 17.6 Å². The van der Waals surface area contributed by atoms with Crippen molar-refractivity contribution in [2.75, 3.05) is 37.7 Å². The van der Waals surface area contributed by atoms with E-state index in [1.807, 2.05) is 0 Å². The van der Waals surface area contributed by atoms with Gasteiger partial charge in [0.2, 0.25) is 0 Å². The molecular formula is C18H20FN5O5. The smallest absolute Gasteiger partial charge is 0.415 e. The van der Waals surface area contributed by atoms with Crippen molar-refractivity contribution in [3.05, 3.63) is 46.4 Å². The van der Waals surface area contributed by atoms with Gasteiger partial charge in [0.05, 0.1) is 6.54 Å². The van der Waals surface area contributed by atoms with Crippen LogP contribution in [0, 0.1) is 15.9 Å². The Kier molecular flexibility index (Phi) is 4.73. The molecule has 0 bridgehead atoms. The number of carbonyl (C=O) groups is 1. The third kappa shape index (κ3) is 3.93. The van der Waals surface area contributed by atoms with Crippen LogP contribution in [0.4, 0.5) is 20.7 Å². The van der Waals surface area contributed by atoms with E-state index in [1.54, 1.807) is 24.0 Å². The normalized spacial score (nSPS) is 20.9. The van der Waals surface area contributed by atoms with Gasteiger partial charge in [0.1, 0.15) is 18.6 Å². The zero-order valence-electron chi connectivity index (χ0n) is 15.8. The molecule has 11 heteroatoms. The molecule has 0 aliphatic carbocycles. The molecule has 1 fully saturated rings. The zero-order chi connectivity index (χ0) is 20.6. The Balaban J connectivity index is 1.26. The number of nitrogens with zero attached hydrogens (tertiary/aromatic N) is 5. The molecule has 3 heterocycles. The minimum Gasteiger partial charge on any atom is -0.445 e. The van der Waals surface area contributed by atoms with Crippen LogP contribution in [0.2, 0.25) is 0 Å². The number of anilines is 1. The summed E-state index contributed by atoms with van der Waals surface area (Å²) in [4.78, 5) is 30.1. The van der Waals surface area contributed by atoms with E-state index < -0.39 is 16.6 Å². The summed E-state index contributed by atoms with van der Waals surface area (Å²) in [5.41, 5.74) is 0.0815. The number of ether oxygens (including phenoxy) is 2. The van der Waals surface area contributed by atoms with Gasteiger partial charge in [-0.25, -0.2) is 9.18 Å². The number of rotatable bonds is 4. The average Bonchev–Trinajstić information content (AvgIpc) is 3.22. The fraction of sp³-hybridized carbons (Fsp3) is 0.444. The van der Waals surface area contributed by atoms with Gasteiger partial charge in [-0.15, -0.1) is 0 Å². The molecule has 2 aliphatic heterocycles. The number of amides is 1. The molecule has 0 radical (unpaired) electrons. The molecule has 4 rings (SSSR count).